The van der Waals surface area contributed by atoms with Crippen LogP contribution < -0.4 is 4.90 Å². The van der Waals surface area contributed by atoms with Gasteiger partial charge in [0.15, 0.2) is 5.78 Å². The number of rotatable bonds is 1. The molecule has 0 N–H and O–H groups in total. The van der Waals surface area contributed by atoms with Gasteiger partial charge < -0.3 is 4.90 Å². The largest absolute Gasteiger partial charge is 0.362 e. The highest BCUT2D eigenvalue weighted by molar-refractivity contribution is 5.91. The van der Waals surface area contributed by atoms with Crippen LogP contribution in [0.5, 0.6) is 0 Å². The molecule has 0 unspecified atom stereocenters. The number of Topliss-reactive ketones (excluding diaryl/α,β-unsaturated/α-hetero) is 1. The van der Waals surface area contributed by atoms with Gasteiger partial charge in [0.1, 0.15) is 5.92 Å². The van der Waals surface area contributed by atoms with Crippen LogP contribution in [0.1, 0.15) is 5.56 Å². The Morgan fingerprint density at radius 2 is 2.33 bits per heavy atom. The number of hydrogen-bond acceptors (Lipinski definition) is 3. The van der Waals surface area contributed by atoms with Gasteiger partial charge in [-0.05, 0) is 24.6 Å². The number of aryl methyl sites for hydroxylation is 1. The molecule has 0 aromatic heterocycles. The van der Waals surface area contributed by atoms with Gasteiger partial charge in [0.25, 0.3) is 0 Å². The number of ketones is 1. The molecular weight excluding hydrogens is 188 g/mol. The molecule has 0 amide bonds. The standard InChI is InChI=1S/C12H12N2O/c1-9-3-2-4-11(5-9)14-7-10(6-13)12(15)8-14/h2-5,10H,7-8H2,1H3/t10-/m1/s1. The predicted octanol–water partition coefficient (Wildman–Crippen LogP) is 1.52. The quantitative estimate of drug-likeness (QED) is 0.690. The second kappa shape index (κ2) is 3.74. The maximum atomic E-state index is 11.4. The Morgan fingerprint density at radius 1 is 1.53 bits per heavy atom. The fourth-order valence-electron chi connectivity index (χ4n) is 1.82. The van der Waals surface area contributed by atoms with Gasteiger partial charge in [-0.25, -0.2) is 0 Å². The highest BCUT2D eigenvalue weighted by atomic mass is 16.1. The van der Waals surface area contributed by atoms with Gasteiger partial charge in [0.2, 0.25) is 0 Å². The zero-order valence-electron chi connectivity index (χ0n) is 8.60. The number of hydrogen-bond donors (Lipinski definition) is 0. The Hall–Kier alpha value is -1.82. The van der Waals surface area contributed by atoms with Crippen LogP contribution in [-0.2, 0) is 4.79 Å². The Kier molecular flexibility index (Phi) is 2.42. The maximum absolute atomic E-state index is 11.4. The smallest absolute Gasteiger partial charge is 0.170 e. The lowest BCUT2D eigenvalue weighted by Crippen LogP contribution is -2.19. The molecule has 1 atom stereocenters. The summed E-state index contributed by atoms with van der Waals surface area (Å²) in [6.45, 7) is 2.91. The molecule has 1 aliphatic rings. The topological polar surface area (TPSA) is 44.1 Å². The van der Waals surface area contributed by atoms with E-state index in [4.69, 9.17) is 5.26 Å². The van der Waals surface area contributed by atoms with Crippen molar-refractivity contribution in [2.75, 3.05) is 18.0 Å². The van der Waals surface area contributed by atoms with Crippen LogP contribution in [0.15, 0.2) is 24.3 Å². The van der Waals surface area contributed by atoms with E-state index >= 15 is 0 Å². The fourth-order valence-corrected chi connectivity index (χ4v) is 1.82. The SMILES string of the molecule is Cc1cccc(N2CC(=O)[C@H](C#N)C2)c1. The third-order valence-corrected chi connectivity index (χ3v) is 2.66. The van der Waals surface area contributed by atoms with Crippen molar-refractivity contribution < 1.29 is 4.79 Å². The number of anilines is 1. The van der Waals surface area contributed by atoms with Crippen LogP contribution in [0.4, 0.5) is 5.69 Å². The van der Waals surface area contributed by atoms with Gasteiger partial charge in [0.05, 0.1) is 12.6 Å². The van der Waals surface area contributed by atoms with Gasteiger partial charge in [-0.1, -0.05) is 12.1 Å². The van der Waals surface area contributed by atoms with Gasteiger partial charge in [-0.15, -0.1) is 0 Å². The summed E-state index contributed by atoms with van der Waals surface area (Å²) >= 11 is 0. The fraction of sp³-hybridized carbons (Fsp3) is 0.333. The maximum Gasteiger partial charge on any atom is 0.170 e. The van der Waals surface area contributed by atoms with Crippen molar-refractivity contribution >= 4 is 11.5 Å². The van der Waals surface area contributed by atoms with Crippen molar-refractivity contribution in [3.63, 3.8) is 0 Å². The van der Waals surface area contributed by atoms with Crippen LogP contribution in [0.2, 0.25) is 0 Å². The Bertz CT molecular complexity index is 433. The van der Waals surface area contributed by atoms with E-state index in [1.54, 1.807) is 0 Å². The molecule has 15 heavy (non-hydrogen) atoms. The summed E-state index contributed by atoms with van der Waals surface area (Å²) in [6, 6.07) is 10.0. The minimum absolute atomic E-state index is 0.0269. The summed E-state index contributed by atoms with van der Waals surface area (Å²) in [4.78, 5) is 13.4. The van der Waals surface area contributed by atoms with E-state index in [-0.39, 0.29) is 5.78 Å². The second-order valence-corrected chi connectivity index (χ2v) is 3.87. The molecule has 1 saturated heterocycles. The zero-order chi connectivity index (χ0) is 10.8. The molecule has 2 rings (SSSR count). The Morgan fingerprint density at radius 3 is 2.93 bits per heavy atom. The van der Waals surface area contributed by atoms with E-state index in [1.807, 2.05) is 42.2 Å². The van der Waals surface area contributed by atoms with Crippen molar-refractivity contribution in [1.29, 1.82) is 5.26 Å². The average molecular weight is 200 g/mol. The normalized spacial score (nSPS) is 20.4. The molecule has 1 aliphatic heterocycles. The number of benzene rings is 1. The minimum atomic E-state index is -0.453. The zero-order valence-corrected chi connectivity index (χ0v) is 8.60. The van der Waals surface area contributed by atoms with Crippen LogP contribution in [0, 0.1) is 24.2 Å². The molecular formula is C12H12N2O. The van der Waals surface area contributed by atoms with E-state index in [2.05, 4.69) is 0 Å². The molecule has 1 fully saturated rings. The summed E-state index contributed by atoms with van der Waals surface area (Å²) in [7, 11) is 0. The summed E-state index contributed by atoms with van der Waals surface area (Å²) < 4.78 is 0. The average Bonchev–Trinajstić information content (AvgIpc) is 2.60. The first-order valence-corrected chi connectivity index (χ1v) is 4.94. The minimum Gasteiger partial charge on any atom is -0.362 e. The van der Waals surface area contributed by atoms with Gasteiger partial charge in [-0.2, -0.15) is 5.26 Å². The van der Waals surface area contributed by atoms with E-state index in [1.165, 1.54) is 5.56 Å². The second-order valence-electron chi connectivity index (χ2n) is 3.87. The predicted molar refractivity (Wildman–Crippen MR) is 57.5 cm³/mol. The van der Waals surface area contributed by atoms with Crippen molar-refractivity contribution in [2.24, 2.45) is 5.92 Å². The van der Waals surface area contributed by atoms with Crippen LogP contribution in [-0.4, -0.2) is 18.9 Å². The van der Waals surface area contributed by atoms with Crippen LogP contribution in [0.3, 0.4) is 0 Å². The molecule has 0 saturated carbocycles. The van der Waals surface area contributed by atoms with Crippen molar-refractivity contribution in [3.05, 3.63) is 29.8 Å². The van der Waals surface area contributed by atoms with Gasteiger partial charge in [-0.3, -0.25) is 4.79 Å². The van der Waals surface area contributed by atoms with Gasteiger partial charge in [0, 0.05) is 12.2 Å². The van der Waals surface area contributed by atoms with E-state index < -0.39 is 5.92 Å². The summed E-state index contributed by atoms with van der Waals surface area (Å²) in [5.41, 5.74) is 2.20. The number of nitriles is 1. The molecule has 3 heteroatoms. The lowest BCUT2D eigenvalue weighted by Gasteiger charge is -2.16. The molecule has 0 bridgehead atoms. The van der Waals surface area contributed by atoms with Crippen LogP contribution >= 0.6 is 0 Å². The lowest BCUT2D eigenvalue weighted by atomic mass is 10.1. The molecule has 0 aliphatic carbocycles. The Labute approximate surface area is 88.9 Å². The monoisotopic (exact) mass is 200 g/mol. The van der Waals surface area contributed by atoms with Crippen molar-refractivity contribution in [3.8, 4) is 6.07 Å². The van der Waals surface area contributed by atoms with Crippen molar-refractivity contribution in [1.82, 2.24) is 0 Å². The summed E-state index contributed by atoms with van der Waals surface area (Å²) in [5, 5.41) is 8.76. The number of carbonyl (C=O) groups is 1. The first-order valence-electron chi connectivity index (χ1n) is 4.94. The van der Waals surface area contributed by atoms with Crippen molar-refractivity contribution in [2.45, 2.75) is 6.92 Å². The summed E-state index contributed by atoms with van der Waals surface area (Å²) in [6.07, 6.45) is 0. The highest BCUT2D eigenvalue weighted by Gasteiger charge is 2.30. The van der Waals surface area contributed by atoms with Gasteiger partial charge >= 0.3 is 0 Å². The first-order chi connectivity index (χ1) is 7.20. The Balaban J connectivity index is 2.21. The molecule has 0 radical (unpaired) electrons. The van der Waals surface area contributed by atoms with Crippen LogP contribution in [0.25, 0.3) is 0 Å². The molecule has 1 heterocycles. The van der Waals surface area contributed by atoms with E-state index in [0.29, 0.717) is 13.1 Å². The third-order valence-electron chi connectivity index (χ3n) is 2.66. The summed E-state index contributed by atoms with van der Waals surface area (Å²) in [5.74, 6) is -0.426. The molecule has 1 aromatic rings. The lowest BCUT2D eigenvalue weighted by molar-refractivity contribution is -0.118. The molecule has 0 spiro atoms. The third kappa shape index (κ3) is 1.84. The molecule has 3 nitrogen and oxygen atoms in total. The van der Waals surface area contributed by atoms with E-state index in [9.17, 15) is 4.79 Å². The number of nitrogens with zero attached hydrogens (tertiary/aromatic N) is 2. The molecule has 1 aromatic carbocycles. The highest BCUT2D eigenvalue weighted by Crippen LogP contribution is 2.22. The van der Waals surface area contributed by atoms with E-state index in [0.717, 1.165) is 5.69 Å². The molecule has 76 valence electrons. The first kappa shape index (κ1) is 9.72. The number of carbonyl (C=O) groups excluding carboxylic acids is 1.